The number of halogens is 1. The maximum atomic E-state index is 13.4. The first-order valence-electron chi connectivity index (χ1n) is 5.96. The number of carbonyl (C=O) groups is 1. The first kappa shape index (κ1) is 12.0. The molecule has 1 heterocycles. The van der Waals surface area contributed by atoms with Gasteiger partial charge in [-0.3, -0.25) is 4.79 Å². The maximum absolute atomic E-state index is 13.4. The lowest BCUT2D eigenvalue weighted by molar-refractivity contribution is -0.134. The third-order valence-corrected chi connectivity index (χ3v) is 3.18. The molecular formula is C13H17FN2O. The zero-order chi connectivity index (χ0) is 12.3. The first-order chi connectivity index (χ1) is 8.18. The van der Waals surface area contributed by atoms with Gasteiger partial charge in [-0.25, -0.2) is 4.39 Å². The molecule has 92 valence electrons. The minimum Gasteiger partial charge on any atom is -0.341 e. The van der Waals surface area contributed by atoms with Crippen LogP contribution in [0.4, 0.5) is 4.39 Å². The first-order valence-corrected chi connectivity index (χ1v) is 5.96. The van der Waals surface area contributed by atoms with Gasteiger partial charge in [-0.05, 0) is 30.9 Å². The molecule has 1 amide bonds. The van der Waals surface area contributed by atoms with Crippen LogP contribution in [0.5, 0.6) is 0 Å². The van der Waals surface area contributed by atoms with Crippen molar-refractivity contribution in [2.45, 2.75) is 25.3 Å². The second-order valence-corrected chi connectivity index (χ2v) is 4.42. The van der Waals surface area contributed by atoms with Crippen LogP contribution in [-0.4, -0.2) is 29.9 Å². The number of carbonyl (C=O) groups excluding carboxylic acids is 1. The summed E-state index contributed by atoms with van der Waals surface area (Å²) in [5, 5.41) is 0. The van der Waals surface area contributed by atoms with E-state index >= 15 is 0 Å². The Bertz CT molecular complexity index is 408. The molecule has 0 aliphatic carbocycles. The topological polar surface area (TPSA) is 46.3 Å². The molecular weight excluding hydrogens is 219 g/mol. The highest BCUT2D eigenvalue weighted by Gasteiger charge is 2.25. The van der Waals surface area contributed by atoms with Gasteiger partial charge in [0.15, 0.2) is 0 Å². The number of piperidine rings is 1. The lowest BCUT2D eigenvalue weighted by Crippen LogP contribution is -2.48. The zero-order valence-electron chi connectivity index (χ0n) is 9.73. The Morgan fingerprint density at radius 1 is 1.41 bits per heavy atom. The molecule has 1 fully saturated rings. The van der Waals surface area contributed by atoms with Gasteiger partial charge < -0.3 is 10.6 Å². The Morgan fingerprint density at radius 3 is 2.94 bits per heavy atom. The highest BCUT2D eigenvalue weighted by atomic mass is 19.1. The van der Waals surface area contributed by atoms with Gasteiger partial charge in [0.05, 0.1) is 6.04 Å². The van der Waals surface area contributed by atoms with Gasteiger partial charge in [0.25, 0.3) is 0 Å². The van der Waals surface area contributed by atoms with Crippen molar-refractivity contribution in [1.82, 2.24) is 4.90 Å². The van der Waals surface area contributed by atoms with E-state index in [1.165, 1.54) is 6.07 Å². The summed E-state index contributed by atoms with van der Waals surface area (Å²) in [6.07, 6.45) is 2.24. The quantitative estimate of drug-likeness (QED) is 0.860. The van der Waals surface area contributed by atoms with Crippen molar-refractivity contribution in [3.8, 4) is 0 Å². The molecule has 17 heavy (non-hydrogen) atoms. The van der Waals surface area contributed by atoms with E-state index in [0.717, 1.165) is 19.4 Å². The second kappa shape index (κ2) is 5.27. The van der Waals surface area contributed by atoms with Crippen molar-refractivity contribution in [2.24, 2.45) is 5.73 Å². The summed E-state index contributed by atoms with van der Waals surface area (Å²) < 4.78 is 13.4. The van der Waals surface area contributed by atoms with E-state index in [2.05, 4.69) is 0 Å². The van der Waals surface area contributed by atoms with Crippen molar-refractivity contribution in [1.29, 1.82) is 0 Å². The summed E-state index contributed by atoms with van der Waals surface area (Å²) in [6.45, 7) is 1.29. The highest BCUT2D eigenvalue weighted by Crippen LogP contribution is 2.12. The van der Waals surface area contributed by atoms with Crippen LogP contribution in [0.1, 0.15) is 18.4 Å². The van der Waals surface area contributed by atoms with Gasteiger partial charge >= 0.3 is 0 Å². The van der Waals surface area contributed by atoms with E-state index in [-0.39, 0.29) is 17.8 Å². The van der Waals surface area contributed by atoms with E-state index in [4.69, 9.17) is 5.73 Å². The van der Waals surface area contributed by atoms with Crippen LogP contribution >= 0.6 is 0 Å². The second-order valence-electron chi connectivity index (χ2n) is 4.42. The Hall–Kier alpha value is -1.42. The number of benzene rings is 1. The molecule has 0 aromatic heterocycles. The van der Waals surface area contributed by atoms with Crippen LogP contribution in [-0.2, 0) is 11.2 Å². The average molecular weight is 236 g/mol. The highest BCUT2D eigenvalue weighted by molar-refractivity contribution is 5.82. The summed E-state index contributed by atoms with van der Waals surface area (Å²) in [7, 11) is 0. The predicted octanol–water partition coefficient (Wildman–Crippen LogP) is 1.32. The van der Waals surface area contributed by atoms with Crippen LogP contribution in [0.2, 0.25) is 0 Å². The monoisotopic (exact) mass is 236 g/mol. The molecule has 4 heteroatoms. The Labute approximate surface area is 100 Å². The summed E-state index contributed by atoms with van der Waals surface area (Å²) in [4.78, 5) is 13.5. The van der Waals surface area contributed by atoms with Gasteiger partial charge in [0.2, 0.25) is 5.91 Å². The molecule has 1 saturated heterocycles. The van der Waals surface area contributed by atoms with Crippen molar-refractivity contribution >= 4 is 5.91 Å². The molecule has 1 aromatic rings. The molecule has 0 spiro atoms. The van der Waals surface area contributed by atoms with E-state index in [9.17, 15) is 9.18 Å². The molecule has 2 N–H and O–H groups in total. The minimum atomic E-state index is -0.371. The van der Waals surface area contributed by atoms with Crippen molar-refractivity contribution in [2.75, 3.05) is 13.1 Å². The predicted molar refractivity (Wildman–Crippen MR) is 63.9 cm³/mol. The molecule has 0 bridgehead atoms. The SMILES string of the molecule is NC1CCCN(CCc2ccccc2F)C1=O. The van der Waals surface area contributed by atoms with Gasteiger partial charge in [-0.2, -0.15) is 0 Å². The van der Waals surface area contributed by atoms with E-state index in [1.54, 1.807) is 17.0 Å². The number of hydrogen-bond donors (Lipinski definition) is 1. The molecule has 0 radical (unpaired) electrons. The number of amides is 1. The zero-order valence-corrected chi connectivity index (χ0v) is 9.73. The molecule has 1 unspecified atom stereocenters. The van der Waals surface area contributed by atoms with Gasteiger partial charge in [-0.15, -0.1) is 0 Å². The number of nitrogens with zero attached hydrogens (tertiary/aromatic N) is 1. The lowest BCUT2D eigenvalue weighted by Gasteiger charge is -2.30. The van der Waals surface area contributed by atoms with E-state index in [0.29, 0.717) is 18.5 Å². The molecule has 1 aromatic carbocycles. The van der Waals surface area contributed by atoms with Crippen LogP contribution in [0.25, 0.3) is 0 Å². The summed E-state index contributed by atoms with van der Waals surface area (Å²) in [5.74, 6) is -0.214. The van der Waals surface area contributed by atoms with E-state index in [1.807, 2.05) is 6.07 Å². The standard InChI is InChI=1S/C13H17FN2O/c14-11-5-2-1-4-10(11)7-9-16-8-3-6-12(15)13(16)17/h1-2,4-5,12H,3,6-9,15H2. The molecule has 1 aliphatic heterocycles. The van der Waals surface area contributed by atoms with Crippen molar-refractivity contribution in [3.63, 3.8) is 0 Å². The number of nitrogens with two attached hydrogens (primary N) is 1. The maximum Gasteiger partial charge on any atom is 0.239 e. The van der Waals surface area contributed by atoms with Crippen LogP contribution in [0, 0.1) is 5.82 Å². The van der Waals surface area contributed by atoms with Crippen molar-refractivity contribution < 1.29 is 9.18 Å². The van der Waals surface area contributed by atoms with E-state index < -0.39 is 0 Å². The smallest absolute Gasteiger partial charge is 0.239 e. The van der Waals surface area contributed by atoms with Gasteiger partial charge in [0.1, 0.15) is 5.82 Å². The number of likely N-dealkylation sites (tertiary alicyclic amines) is 1. The third kappa shape index (κ3) is 2.82. The fourth-order valence-corrected chi connectivity index (χ4v) is 2.15. The summed E-state index contributed by atoms with van der Waals surface area (Å²) >= 11 is 0. The number of hydrogen-bond acceptors (Lipinski definition) is 2. The van der Waals surface area contributed by atoms with Crippen LogP contribution in [0.15, 0.2) is 24.3 Å². The molecule has 3 nitrogen and oxygen atoms in total. The molecule has 2 rings (SSSR count). The lowest BCUT2D eigenvalue weighted by atomic mass is 10.0. The largest absolute Gasteiger partial charge is 0.341 e. The Kier molecular flexibility index (Phi) is 3.74. The normalized spacial score (nSPS) is 20.7. The van der Waals surface area contributed by atoms with Crippen LogP contribution < -0.4 is 5.73 Å². The summed E-state index contributed by atoms with van der Waals surface area (Å²) in [6, 6.07) is 6.30. The number of rotatable bonds is 3. The average Bonchev–Trinajstić information content (AvgIpc) is 2.33. The fourth-order valence-electron chi connectivity index (χ4n) is 2.15. The Balaban J connectivity index is 1.94. The van der Waals surface area contributed by atoms with Gasteiger partial charge in [0, 0.05) is 13.1 Å². The minimum absolute atomic E-state index is 0.00686. The Morgan fingerprint density at radius 2 is 2.18 bits per heavy atom. The molecule has 0 saturated carbocycles. The molecule has 1 atom stereocenters. The summed E-state index contributed by atoms with van der Waals surface area (Å²) in [5.41, 5.74) is 6.35. The molecule has 1 aliphatic rings. The van der Waals surface area contributed by atoms with Crippen molar-refractivity contribution in [3.05, 3.63) is 35.6 Å². The van der Waals surface area contributed by atoms with Crippen LogP contribution in [0.3, 0.4) is 0 Å². The third-order valence-electron chi connectivity index (χ3n) is 3.18. The fraction of sp³-hybridized carbons (Fsp3) is 0.462. The van der Waals surface area contributed by atoms with Gasteiger partial charge in [-0.1, -0.05) is 18.2 Å².